The van der Waals surface area contributed by atoms with Gasteiger partial charge in [-0.2, -0.15) is 0 Å². The van der Waals surface area contributed by atoms with E-state index in [9.17, 15) is 0 Å². The fourth-order valence-corrected chi connectivity index (χ4v) is 3.12. The molecule has 3 heterocycles. The maximum Gasteiger partial charge on any atom is 0.268 e. The van der Waals surface area contributed by atoms with Gasteiger partial charge in [-0.1, -0.05) is 37.3 Å². The predicted molar refractivity (Wildman–Crippen MR) is 102 cm³/mol. The average Bonchev–Trinajstić information content (AvgIpc) is 3.40. The number of hydrogen-bond acceptors (Lipinski definition) is 8. The molecule has 4 aromatic rings. The highest BCUT2D eigenvalue weighted by Gasteiger charge is 2.17. The number of rotatable bonds is 5. The van der Waals surface area contributed by atoms with Crippen molar-refractivity contribution in [3.8, 4) is 23.1 Å². The van der Waals surface area contributed by atoms with E-state index in [-0.39, 0.29) is 6.79 Å². The average molecular weight is 375 g/mol. The standard InChI is InChI=1S/C20H17N5O3/c1-2-17-22-25-20(28-17)18-13-5-3-4-6-14(13)19(24-23-18)21-10-12-7-8-15-16(9-12)27-11-26-15/h3-9H,2,10-11H2,1H3,(H,21,24). The monoisotopic (exact) mass is 375 g/mol. The second-order valence-electron chi connectivity index (χ2n) is 6.34. The Balaban J connectivity index is 1.46. The molecule has 8 heteroatoms. The number of nitrogens with one attached hydrogen (secondary N) is 1. The maximum absolute atomic E-state index is 5.67. The van der Waals surface area contributed by atoms with Gasteiger partial charge in [-0.15, -0.1) is 20.4 Å². The Hall–Kier alpha value is -3.68. The first kappa shape index (κ1) is 16.5. The lowest BCUT2D eigenvalue weighted by atomic mass is 10.1. The summed E-state index contributed by atoms with van der Waals surface area (Å²) < 4.78 is 16.5. The number of fused-ring (bicyclic) bond motifs is 2. The van der Waals surface area contributed by atoms with Crippen LogP contribution in [0.4, 0.5) is 5.82 Å². The third kappa shape index (κ3) is 2.88. The summed E-state index contributed by atoms with van der Waals surface area (Å²) in [6.07, 6.45) is 0.674. The topological polar surface area (TPSA) is 95.2 Å². The van der Waals surface area contributed by atoms with E-state index in [1.807, 2.05) is 49.4 Å². The molecule has 2 aromatic heterocycles. The zero-order valence-electron chi connectivity index (χ0n) is 15.2. The molecule has 0 fully saturated rings. The molecule has 1 N–H and O–H groups in total. The molecule has 0 amide bonds. The highest BCUT2D eigenvalue weighted by Crippen LogP contribution is 2.33. The second-order valence-corrected chi connectivity index (χ2v) is 6.34. The second kappa shape index (κ2) is 6.80. The van der Waals surface area contributed by atoms with E-state index in [1.54, 1.807) is 0 Å². The summed E-state index contributed by atoms with van der Waals surface area (Å²) in [6.45, 7) is 2.80. The molecule has 1 aliphatic heterocycles. The first-order valence-electron chi connectivity index (χ1n) is 9.02. The Labute approximate surface area is 160 Å². The van der Waals surface area contributed by atoms with Gasteiger partial charge >= 0.3 is 0 Å². The molecule has 0 spiro atoms. The third-order valence-electron chi connectivity index (χ3n) is 4.56. The Morgan fingerprint density at radius 1 is 0.929 bits per heavy atom. The number of benzene rings is 2. The zero-order chi connectivity index (χ0) is 18.9. The number of aromatic nitrogens is 4. The van der Waals surface area contributed by atoms with E-state index in [1.165, 1.54) is 0 Å². The van der Waals surface area contributed by atoms with Crippen LogP contribution in [0.5, 0.6) is 11.5 Å². The van der Waals surface area contributed by atoms with Gasteiger partial charge in [0.1, 0.15) is 0 Å². The molecule has 8 nitrogen and oxygen atoms in total. The molecule has 0 aliphatic carbocycles. The molecule has 140 valence electrons. The Morgan fingerprint density at radius 3 is 2.64 bits per heavy atom. The summed E-state index contributed by atoms with van der Waals surface area (Å²) in [7, 11) is 0. The Bertz CT molecular complexity index is 1160. The third-order valence-corrected chi connectivity index (χ3v) is 4.56. The van der Waals surface area contributed by atoms with Gasteiger partial charge in [0.25, 0.3) is 5.89 Å². The fourth-order valence-electron chi connectivity index (χ4n) is 3.12. The van der Waals surface area contributed by atoms with Crippen LogP contribution in [0.3, 0.4) is 0 Å². The van der Waals surface area contributed by atoms with Crippen molar-refractivity contribution in [3.05, 3.63) is 53.9 Å². The first-order chi connectivity index (χ1) is 13.8. The van der Waals surface area contributed by atoms with Crippen LogP contribution in [0.15, 0.2) is 46.9 Å². The molecular formula is C20H17N5O3. The van der Waals surface area contributed by atoms with E-state index in [0.717, 1.165) is 27.8 Å². The van der Waals surface area contributed by atoms with Crippen molar-refractivity contribution in [2.24, 2.45) is 0 Å². The van der Waals surface area contributed by atoms with Crippen molar-refractivity contribution >= 4 is 16.6 Å². The molecule has 0 saturated heterocycles. The predicted octanol–water partition coefficient (Wildman–Crippen LogP) is 3.58. The largest absolute Gasteiger partial charge is 0.454 e. The van der Waals surface area contributed by atoms with Crippen LogP contribution in [-0.2, 0) is 13.0 Å². The number of aryl methyl sites for hydroxylation is 1. The lowest BCUT2D eigenvalue weighted by molar-refractivity contribution is 0.174. The van der Waals surface area contributed by atoms with Crippen molar-refractivity contribution in [1.82, 2.24) is 20.4 Å². The van der Waals surface area contributed by atoms with E-state index >= 15 is 0 Å². The van der Waals surface area contributed by atoms with Gasteiger partial charge in [-0.05, 0) is 17.7 Å². The Morgan fingerprint density at radius 2 is 1.79 bits per heavy atom. The smallest absolute Gasteiger partial charge is 0.268 e. The normalized spacial score (nSPS) is 12.5. The number of anilines is 1. The van der Waals surface area contributed by atoms with E-state index in [2.05, 4.69) is 25.7 Å². The molecule has 0 bridgehead atoms. The van der Waals surface area contributed by atoms with Crippen LogP contribution in [0.25, 0.3) is 22.4 Å². The first-order valence-corrected chi connectivity index (χ1v) is 9.02. The molecule has 0 saturated carbocycles. The van der Waals surface area contributed by atoms with Gasteiger partial charge in [-0.25, -0.2) is 0 Å². The quantitative estimate of drug-likeness (QED) is 0.565. The van der Waals surface area contributed by atoms with Crippen molar-refractivity contribution in [3.63, 3.8) is 0 Å². The summed E-state index contributed by atoms with van der Waals surface area (Å²) in [5.41, 5.74) is 1.64. The van der Waals surface area contributed by atoms with E-state index < -0.39 is 0 Å². The van der Waals surface area contributed by atoms with Crippen LogP contribution in [-0.4, -0.2) is 27.2 Å². The fraction of sp³-hybridized carbons (Fsp3) is 0.200. The van der Waals surface area contributed by atoms with Gasteiger partial charge in [-0.3, -0.25) is 0 Å². The van der Waals surface area contributed by atoms with Crippen molar-refractivity contribution < 1.29 is 13.9 Å². The number of hydrogen-bond donors (Lipinski definition) is 1. The summed E-state index contributed by atoms with van der Waals surface area (Å²) >= 11 is 0. The highest BCUT2D eigenvalue weighted by atomic mass is 16.7. The van der Waals surface area contributed by atoms with Crippen molar-refractivity contribution in [1.29, 1.82) is 0 Å². The van der Waals surface area contributed by atoms with Crippen molar-refractivity contribution in [2.45, 2.75) is 19.9 Å². The zero-order valence-corrected chi connectivity index (χ0v) is 15.2. The van der Waals surface area contributed by atoms with Gasteiger partial charge in [0.2, 0.25) is 12.7 Å². The van der Waals surface area contributed by atoms with Crippen LogP contribution in [0.2, 0.25) is 0 Å². The molecule has 28 heavy (non-hydrogen) atoms. The van der Waals surface area contributed by atoms with Crippen molar-refractivity contribution in [2.75, 3.05) is 12.1 Å². The highest BCUT2D eigenvalue weighted by molar-refractivity contribution is 5.98. The number of ether oxygens (including phenoxy) is 2. The molecule has 0 atom stereocenters. The van der Waals surface area contributed by atoms with Gasteiger partial charge in [0.05, 0.1) is 0 Å². The van der Waals surface area contributed by atoms with Gasteiger partial charge in [0, 0.05) is 23.7 Å². The van der Waals surface area contributed by atoms with Crippen LogP contribution in [0.1, 0.15) is 18.4 Å². The van der Waals surface area contributed by atoms with Crippen LogP contribution in [0, 0.1) is 0 Å². The minimum absolute atomic E-state index is 0.263. The summed E-state index contributed by atoms with van der Waals surface area (Å²) in [6, 6.07) is 13.7. The molecule has 0 radical (unpaired) electrons. The molecule has 0 unspecified atom stereocenters. The Kier molecular flexibility index (Phi) is 4.01. The molecule has 5 rings (SSSR count). The molecule has 1 aliphatic rings. The van der Waals surface area contributed by atoms with Gasteiger partial charge in [0.15, 0.2) is 23.0 Å². The van der Waals surface area contributed by atoms with E-state index in [0.29, 0.717) is 36.3 Å². The number of nitrogens with zero attached hydrogens (tertiary/aromatic N) is 4. The summed E-state index contributed by atoms with van der Waals surface area (Å²) in [5.74, 6) is 3.17. The minimum Gasteiger partial charge on any atom is -0.454 e. The maximum atomic E-state index is 5.67. The summed E-state index contributed by atoms with van der Waals surface area (Å²) in [4.78, 5) is 0. The van der Waals surface area contributed by atoms with Crippen LogP contribution < -0.4 is 14.8 Å². The van der Waals surface area contributed by atoms with Crippen LogP contribution >= 0.6 is 0 Å². The molecular weight excluding hydrogens is 358 g/mol. The van der Waals surface area contributed by atoms with Gasteiger partial charge < -0.3 is 19.2 Å². The summed E-state index contributed by atoms with van der Waals surface area (Å²) in [5, 5.41) is 22.0. The van der Waals surface area contributed by atoms with E-state index in [4.69, 9.17) is 13.9 Å². The minimum atomic E-state index is 0.263. The lowest BCUT2D eigenvalue weighted by Gasteiger charge is -2.10. The lowest BCUT2D eigenvalue weighted by Crippen LogP contribution is -2.04. The SMILES string of the molecule is CCc1nnc(-c2nnc(NCc3ccc4c(c3)OCO4)c3ccccc23)o1. The molecule has 2 aromatic carbocycles.